The van der Waals surface area contributed by atoms with Crippen LogP contribution < -0.4 is 4.74 Å². The summed E-state index contributed by atoms with van der Waals surface area (Å²) in [4.78, 5) is 18.5. The Morgan fingerprint density at radius 2 is 2.06 bits per heavy atom. The van der Waals surface area contributed by atoms with Crippen molar-refractivity contribution in [2.75, 3.05) is 7.11 Å². The SMILES string of the molecule is COc1nccnc1-c1ccc(C=O)c(F)c1. The van der Waals surface area contributed by atoms with Crippen LogP contribution in [-0.4, -0.2) is 23.4 Å². The van der Waals surface area contributed by atoms with E-state index in [9.17, 15) is 9.18 Å². The number of hydrogen-bond donors (Lipinski definition) is 0. The van der Waals surface area contributed by atoms with Crippen LogP contribution in [0.1, 0.15) is 10.4 Å². The molecule has 4 nitrogen and oxygen atoms in total. The van der Waals surface area contributed by atoms with Crippen LogP contribution in [0.2, 0.25) is 0 Å². The van der Waals surface area contributed by atoms with E-state index in [4.69, 9.17) is 4.74 Å². The lowest BCUT2D eigenvalue weighted by Crippen LogP contribution is -1.95. The Hall–Kier alpha value is -2.30. The van der Waals surface area contributed by atoms with Gasteiger partial charge in [-0.1, -0.05) is 6.07 Å². The van der Waals surface area contributed by atoms with Gasteiger partial charge in [0.15, 0.2) is 6.29 Å². The minimum atomic E-state index is -0.592. The van der Waals surface area contributed by atoms with Crippen LogP contribution in [0.15, 0.2) is 30.6 Å². The van der Waals surface area contributed by atoms with Gasteiger partial charge in [-0.05, 0) is 12.1 Å². The van der Waals surface area contributed by atoms with Crippen molar-refractivity contribution < 1.29 is 13.9 Å². The van der Waals surface area contributed by atoms with Gasteiger partial charge in [-0.3, -0.25) is 4.79 Å². The minimum Gasteiger partial charge on any atom is -0.479 e. The Kier molecular flexibility index (Phi) is 3.09. The molecule has 0 aliphatic rings. The third-order valence-corrected chi connectivity index (χ3v) is 2.26. The summed E-state index contributed by atoms with van der Waals surface area (Å²) >= 11 is 0. The van der Waals surface area contributed by atoms with E-state index in [-0.39, 0.29) is 5.56 Å². The van der Waals surface area contributed by atoms with E-state index in [2.05, 4.69) is 9.97 Å². The van der Waals surface area contributed by atoms with Crippen LogP contribution in [0.4, 0.5) is 4.39 Å². The fourth-order valence-corrected chi connectivity index (χ4v) is 1.44. The van der Waals surface area contributed by atoms with Gasteiger partial charge in [-0.15, -0.1) is 0 Å². The molecule has 0 saturated heterocycles. The second-order valence-corrected chi connectivity index (χ2v) is 3.27. The van der Waals surface area contributed by atoms with Crippen LogP contribution in [0, 0.1) is 5.82 Å². The lowest BCUT2D eigenvalue weighted by Gasteiger charge is -2.06. The van der Waals surface area contributed by atoms with Crippen molar-refractivity contribution in [3.63, 3.8) is 0 Å². The van der Waals surface area contributed by atoms with Crippen molar-refractivity contribution in [1.82, 2.24) is 9.97 Å². The second kappa shape index (κ2) is 4.69. The Balaban J connectivity index is 2.53. The first-order chi connectivity index (χ1) is 8.26. The molecule has 0 N–H and O–H groups in total. The van der Waals surface area contributed by atoms with E-state index in [1.807, 2.05) is 0 Å². The van der Waals surface area contributed by atoms with Crippen molar-refractivity contribution in [2.24, 2.45) is 0 Å². The first-order valence-electron chi connectivity index (χ1n) is 4.86. The molecular weight excluding hydrogens is 223 g/mol. The number of methoxy groups -OCH3 is 1. The molecule has 1 aromatic carbocycles. The van der Waals surface area contributed by atoms with Gasteiger partial charge in [0.1, 0.15) is 11.5 Å². The fraction of sp³-hybridized carbons (Fsp3) is 0.0833. The number of halogens is 1. The zero-order valence-corrected chi connectivity index (χ0v) is 9.05. The summed E-state index contributed by atoms with van der Waals surface area (Å²) in [5.41, 5.74) is 0.959. The average Bonchev–Trinajstić information content (AvgIpc) is 2.38. The zero-order valence-electron chi connectivity index (χ0n) is 9.05. The number of ether oxygens (including phenoxy) is 1. The molecule has 0 spiro atoms. The quantitative estimate of drug-likeness (QED) is 0.760. The normalized spacial score (nSPS) is 10.0. The molecule has 0 radical (unpaired) electrons. The number of aldehydes is 1. The standard InChI is InChI=1S/C12H9FN2O2/c1-17-12-11(14-4-5-15-12)8-2-3-9(7-16)10(13)6-8/h2-7H,1H3. The Labute approximate surface area is 97.1 Å². The van der Waals surface area contributed by atoms with Gasteiger partial charge in [0.25, 0.3) is 0 Å². The van der Waals surface area contributed by atoms with Crippen LogP contribution in [0.3, 0.4) is 0 Å². The van der Waals surface area contributed by atoms with Crippen molar-refractivity contribution in [3.05, 3.63) is 42.0 Å². The van der Waals surface area contributed by atoms with Gasteiger partial charge in [-0.2, -0.15) is 0 Å². The molecular formula is C12H9FN2O2. The maximum Gasteiger partial charge on any atom is 0.240 e. The third-order valence-electron chi connectivity index (χ3n) is 2.26. The van der Waals surface area contributed by atoms with Gasteiger partial charge in [0, 0.05) is 18.0 Å². The predicted octanol–water partition coefficient (Wildman–Crippen LogP) is 2.10. The molecule has 0 unspecified atom stereocenters. The first-order valence-corrected chi connectivity index (χ1v) is 4.86. The Bertz CT molecular complexity index is 558. The summed E-state index contributed by atoms with van der Waals surface area (Å²) in [7, 11) is 1.46. The monoisotopic (exact) mass is 232 g/mol. The minimum absolute atomic E-state index is 0.0107. The lowest BCUT2D eigenvalue weighted by molar-refractivity contribution is 0.112. The number of carbonyl (C=O) groups is 1. The second-order valence-electron chi connectivity index (χ2n) is 3.27. The number of hydrogen-bond acceptors (Lipinski definition) is 4. The molecule has 1 aromatic heterocycles. The molecule has 1 heterocycles. The summed E-state index contributed by atoms with van der Waals surface area (Å²) in [6.07, 6.45) is 3.44. The highest BCUT2D eigenvalue weighted by atomic mass is 19.1. The summed E-state index contributed by atoms with van der Waals surface area (Å²) in [6.45, 7) is 0. The molecule has 0 fully saturated rings. The molecule has 86 valence electrons. The molecule has 0 atom stereocenters. The van der Waals surface area contributed by atoms with Crippen LogP contribution in [-0.2, 0) is 0 Å². The van der Waals surface area contributed by atoms with Crippen LogP contribution in [0.5, 0.6) is 5.88 Å². The van der Waals surface area contributed by atoms with Crippen molar-refractivity contribution in [3.8, 4) is 17.1 Å². The van der Waals surface area contributed by atoms with Crippen LogP contribution in [0.25, 0.3) is 11.3 Å². The maximum absolute atomic E-state index is 13.5. The highest BCUT2D eigenvalue weighted by Crippen LogP contribution is 2.26. The largest absolute Gasteiger partial charge is 0.479 e. The van der Waals surface area contributed by atoms with Gasteiger partial charge in [-0.25, -0.2) is 14.4 Å². The maximum atomic E-state index is 13.5. The number of benzene rings is 1. The van der Waals surface area contributed by atoms with Gasteiger partial charge < -0.3 is 4.74 Å². The van der Waals surface area contributed by atoms with E-state index in [1.165, 1.54) is 31.6 Å². The predicted molar refractivity (Wildman–Crippen MR) is 59.4 cm³/mol. The smallest absolute Gasteiger partial charge is 0.240 e. The number of nitrogens with zero attached hydrogens (tertiary/aromatic N) is 2. The van der Waals surface area contributed by atoms with E-state index < -0.39 is 5.82 Å². The Morgan fingerprint density at radius 3 is 2.71 bits per heavy atom. The highest BCUT2D eigenvalue weighted by Gasteiger charge is 2.10. The fourth-order valence-electron chi connectivity index (χ4n) is 1.44. The highest BCUT2D eigenvalue weighted by molar-refractivity contribution is 5.77. The van der Waals surface area contributed by atoms with Crippen molar-refractivity contribution in [1.29, 1.82) is 0 Å². The van der Waals surface area contributed by atoms with Crippen LogP contribution >= 0.6 is 0 Å². The molecule has 17 heavy (non-hydrogen) atoms. The van der Waals surface area contributed by atoms with E-state index in [0.29, 0.717) is 23.4 Å². The lowest BCUT2D eigenvalue weighted by atomic mass is 10.1. The molecule has 0 aliphatic heterocycles. The molecule has 2 rings (SSSR count). The molecule has 0 amide bonds. The van der Waals surface area contributed by atoms with Crippen molar-refractivity contribution in [2.45, 2.75) is 0 Å². The van der Waals surface area contributed by atoms with E-state index in [1.54, 1.807) is 6.07 Å². The average molecular weight is 232 g/mol. The summed E-state index contributed by atoms with van der Waals surface area (Å²) in [5, 5.41) is 0. The molecule has 0 bridgehead atoms. The topological polar surface area (TPSA) is 52.1 Å². The number of carbonyl (C=O) groups excluding carboxylic acids is 1. The summed E-state index contributed by atoms with van der Waals surface area (Å²) < 4.78 is 18.5. The van der Waals surface area contributed by atoms with E-state index >= 15 is 0 Å². The summed E-state index contributed by atoms with van der Waals surface area (Å²) in [5.74, 6) is -0.282. The molecule has 2 aromatic rings. The zero-order chi connectivity index (χ0) is 12.3. The van der Waals surface area contributed by atoms with Crippen molar-refractivity contribution >= 4 is 6.29 Å². The molecule has 5 heteroatoms. The molecule has 0 aliphatic carbocycles. The number of rotatable bonds is 3. The third kappa shape index (κ3) is 2.13. The van der Waals surface area contributed by atoms with Gasteiger partial charge in [0.05, 0.1) is 12.7 Å². The summed E-state index contributed by atoms with van der Waals surface area (Å²) in [6, 6.07) is 4.22. The van der Waals surface area contributed by atoms with Gasteiger partial charge in [0.2, 0.25) is 5.88 Å². The Morgan fingerprint density at radius 1 is 1.29 bits per heavy atom. The van der Waals surface area contributed by atoms with E-state index in [0.717, 1.165) is 0 Å². The van der Waals surface area contributed by atoms with Gasteiger partial charge >= 0.3 is 0 Å². The number of aromatic nitrogens is 2. The first kappa shape index (κ1) is 11.2. The molecule has 0 saturated carbocycles.